The smallest absolute Gasteiger partial charge is 0.291 e. The van der Waals surface area contributed by atoms with Crippen LogP contribution in [0.2, 0.25) is 0 Å². The van der Waals surface area contributed by atoms with Crippen molar-refractivity contribution in [3.05, 3.63) is 67.1 Å². The van der Waals surface area contributed by atoms with Crippen molar-refractivity contribution in [1.82, 2.24) is 14.6 Å². The molecule has 0 saturated heterocycles. The average Bonchev–Trinajstić information content (AvgIpc) is 3.07. The van der Waals surface area contributed by atoms with Gasteiger partial charge in [-0.25, -0.2) is 9.50 Å². The van der Waals surface area contributed by atoms with Crippen molar-refractivity contribution in [2.75, 3.05) is 19.5 Å². The standard InChI is InChI=1S/C19H18N4O3/c1-4-5-16(26-3)19(24)21-17-12-23-18(20-17)11-10-15(22-23)13-6-8-14(25-2)9-7-13/h4-12H,1H2,2-3H3,(H,21,24)/b16-5-. The number of methoxy groups -OCH3 is 2. The number of rotatable bonds is 6. The van der Waals surface area contributed by atoms with Gasteiger partial charge in [0.1, 0.15) is 5.75 Å². The predicted octanol–water partition coefficient (Wildman–Crippen LogP) is 3.06. The van der Waals surface area contributed by atoms with Crippen LogP contribution in [0.25, 0.3) is 16.9 Å². The summed E-state index contributed by atoms with van der Waals surface area (Å²) in [5, 5.41) is 7.20. The number of carbonyl (C=O) groups is 1. The number of ether oxygens (including phenoxy) is 2. The van der Waals surface area contributed by atoms with Gasteiger partial charge in [-0.15, -0.1) is 0 Å². The summed E-state index contributed by atoms with van der Waals surface area (Å²) in [4.78, 5) is 16.5. The molecule has 132 valence electrons. The van der Waals surface area contributed by atoms with Crippen LogP contribution in [0.3, 0.4) is 0 Å². The lowest BCUT2D eigenvalue weighted by molar-refractivity contribution is -0.115. The lowest BCUT2D eigenvalue weighted by Crippen LogP contribution is -2.15. The molecule has 0 aliphatic heterocycles. The minimum atomic E-state index is -0.411. The highest BCUT2D eigenvalue weighted by molar-refractivity contribution is 6.02. The summed E-state index contributed by atoms with van der Waals surface area (Å²) in [6.07, 6.45) is 4.59. The second-order valence-electron chi connectivity index (χ2n) is 5.30. The summed E-state index contributed by atoms with van der Waals surface area (Å²) in [7, 11) is 3.04. The van der Waals surface area contributed by atoms with Gasteiger partial charge in [0.25, 0.3) is 5.91 Å². The summed E-state index contributed by atoms with van der Waals surface area (Å²) in [5.41, 5.74) is 2.34. The number of hydrogen-bond acceptors (Lipinski definition) is 5. The molecule has 26 heavy (non-hydrogen) atoms. The van der Waals surface area contributed by atoms with Crippen molar-refractivity contribution in [1.29, 1.82) is 0 Å². The molecule has 1 N–H and O–H groups in total. The number of anilines is 1. The lowest BCUT2D eigenvalue weighted by Gasteiger charge is -2.04. The average molecular weight is 350 g/mol. The van der Waals surface area contributed by atoms with Crippen LogP contribution in [0.5, 0.6) is 5.75 Å². The summed E-state index contributed by atoms with van der Waals surface area (Å²) in [5.74, 6) is 0.889. The zero-order chi connectivity index (χ0) is 18.5. The maximum Gasteiger partial charge on any atom is 0.291 e. The third-order valence-electron chi connectivity index (χ3n) is 3.66. The number of imidazole rings is 1. The molecular weight excluding hydrogens is 332 g/mol. The molecule has 0 unspecified atom stereocenters. The molecule has 0 aliphatic carbocycles. The van der Waals surface area contributed by atoms with Crippen molar-refractivity contribution < 1.29 is 14.3 Å². The zero-order valence-corrected chi connectivity index (χ0v) is 14.5. The summed E-state index contributed by atoms with van der Waals surface area (Å²) >= 11 is 0. The second-order valence-corrected chi connectivity index (χ2v) is 5.30. The molecule has 1 amide bonds. The molecule has 2 heterocycles. The van der Waals surface area contributed by atoms with E-state index in [4.69, 9.17) is 9.47 Å². The molecular formula is C19H18N4O3. The van der Waals surface area contributed by atoms with Crippen LogP contribution in [0.4, 0.5) is 5.82 Å². The number of nitrogens with one attached hydrogen (secondary N) is 1. The van der Waals surface area contributed by atoms with E-state index >= 15 is 0 Å². The van der Waals surface area contributed by atoms with Crippen molar-refractivity contribution in [3.63, 3.8) is 0 Å². The molecule has 0 radical (unpaired) electrons. The normalized spacial score (nSPS) is 11.2. The predicted molar refractivity (Wildman–Crippen MR) is 98.9 cm³/mol. The Hall–Kier alpha value is -3.61. The molecule has 0 bridgehead atoms. The molecule has 0 saturated carbocycles. The van der Waals surface area contributed by atoms with Gasteiger partial charge in [0.2, 0.25) is 0 Å². The first-order valence-corrected chi connectivity index (χ1v) is 7.83. The molecule has 2 aromatic heterocycles. The Morgan fingerprint density at radius 2 is 1.96 bits per heavy atom. The van der Waals surface area contributed by atoms with Crippen LogP contribution in [0, 0.1) is 0 Å². The third-order valence-corrected chi connectivity index (χ3v) is 3.66. The summed E-state index contributed by atoms with van der Waals surface area (Å²) < 4.78 is 11.8. The molecule has 3 rings (SSSR count). The van der Waals surface area contributed by atoms with Gasteiger partial charge in [-0.3, -0.25) is 4.79 Å². The Morgan fingerprint density at radius 1 is 1.19 bits per heavy atom. The van der Waals surface area contributed by atoms with Crippen molar-refractivity contribution in [2.45, 2.75) is 0 Å². The Bertz CT molecular complexity index is 974. The molecule has 1 aromatic carbocycles. The monoisotopic (exact) mass is 350 g/mol. The van der Waals surface area contributed by atoms with Crippen LogP contribution < -0.4 is 10.1 Å². The molecule has 7 nitrogen and oxygen atoms in total. The lowest BCUT2D eigenvalue weighted by atomic mass is 10.1. The largest absolute Gasteiger partial charge is 0.497 e. The van der Waals surface area contributed by atoms with Gasteiger partial charge in [0.05, 0.1) is 26.1 Å². The number of fused-ring (bicyclic) bond motifs is 1. The van der Waals surface area contributed by atoms with Gasteiger partial charge in [-0.1, -0.05) is 12.7 Å². The Morgan fingerprint density at radius 3 is 2.62 bits per heavy atom. The first kappa shape index (κ1) is 17.2. The van der Waals surface area contributed by atoms with Crippen LogP contribution in [-0.2, 0) is 9.53 Å². The van der Waals surface area contributed by atoms with Crippen molar-refractivity contribution >= 4 is 17.4 Å². The summed E-state index contributed by atoms with van der Waals surface area (Å²) in [6.45, 7) is 3.55. The van der Waals surface area contributed by atoms with Gasteiger partial charge < -0.3 is 14.8 Å². The highest BCUT2D eigenvalue weighted by Gasteiger charge is 2.12. The van der Waals surface area contributed by atoms with Gasteiger partial charge in [0, 0.05) is 5.56 Å². The van der Waals surface area contributed by atoms with E-state index in [1.54, 1.807) is 17.8 Å². The molecule has 7 heteroatoms. The van der Waals surface area contributed by atoms with Crippen molar-refractivity contribution in [2.24, 2.45) is 0 Å². The minimum Gasteiger partial charge on any atom is -0.497 e. The quantitative estimate of drug-likeness (QED) is 0.420. The van der Waals surface area contributed by atoms with E-state index in [1.807, 2.05) is 36.4 Å². The molecule has 3 aromatic rings. The van der Waals surface area contributed by atoms with Gasteiger partial charge in [-0.05, 0) is 42.5 Å². The van der Waals surface area contributed by atoms with Gasteiger partial charge in [-0.2, -0.15) is 5.10 Å². The maximum absolute atomic E-state index is 12.1. The van der Waals surface area contributed by atoms with Crippen LogP contribution >= 0.6 is 0 Å². The van der Waals surface area contributed by atoms with E-state index in [-0.39, 0.29) is 5.76 Å². The Kier molecular flexibility index (Phi) is 4.98. The highest BCUT2D eigenvalue weighted by Crippen LogP contribution is 2.21. The van der Waals surface area contributed by atoms with Gasteiger partial charge in [0.15, 0.2) is 17.2 Å². The van der Waals surface area contributed by atoms with E-state index in [2.05, 4.69) is 22.0 Å². The molecule has 0 spiro atoms. The topological polar surface area (TPSA) is 77.8 Å². The fourth-order valence-corrected chi connectivity index (χ4v) is 2.38. The molecule has 0 aliphatic rings. The van der Waals surface area contributed by atoms with Gasteiger partial charge >= 0.3 is 0 Å². The number of amides is 1. The molecule has 0 atom stereocenters. The van der Waals surface area contributed by atoms with E-state index in [0.29, 0.717) is 11.5 Å². The van der Waals surface area contributed by atoms with E-state index in [1.165, 1.54) is 19.3 Å². The number of hydrogen-bond donors (Lipinski definition) is 1. The number of benzene rings is 1. The first-order chi connectivity index (χ1) is 12.6. The van der Waals surface area contributed by atoms with Crippen LogP contribution in [0.15, 0.2) is 67.1 Å². The first-order valence-electron chi connectivity index (χ1n) is 7.83. The fourth-order valence-electron chi connectivity index (χ4n) is 2.38. The molecule has 0 fully saturated rings. The Balaban J connectivity index is 1.86. The zero-order valence-electron chi connectivity index (χ0n) is 14.5. The van der Waals surface area contributed by atoms with E-state index < -0.39 is 5.91 Å². The third kappa shape index (κ3) is 3.56. The Labute approximate surface area is 150 Å². The van der Waals surface area contributed by atoms with E-state index in [9.17, 15) is 4.79 Å². The number of carbonyl (C=O) groups excluding carboxylic acids is 1. The number of nitrogens with zero attached hydrogens (tertiary/aromatic N) is 3. The SMILES string of the molecule is C=C/C=C(\OC)C(=O)Nc1cn2nc(-c3ccc(OC)cc3)ccc2n1. The summed E-state index contributed by atoms with van der Waals surface area (Å²) in [6, 6.07) is 11.3. The number of aromatic nitrogens is 3. The number of allylic oxidation sites excluding steroid dienone is 2. The van der Waals surface area contributed by atoms with Crippen LogP contribution in [-0.4, -0.2) is 34.7 Å². The maximum atomic E-state index is 12.1. The van der Waals surface area contributed by atoms with Crippen molar-refractivity contribution in [3.8, 4) is 17.0 Å². The van der Waals surface area contributed by atoms with Crippen LogP contribution in [0.1, 0.15) is 0 Å². The van der Waals surface area contributed by atoms with E-state index in [0.717, 1.165) is 17.0 Å². The highest BCUT2D eigenvalue weighted by atomic mass is 16.5. The minimum absolute atomic E-state index is 0.143. The second kappa shape index (κ2) is 7.52. The fraction of sp³-hybridized carbons (Fsp3) is 0.105.